The molecule has 2 atom stereocenters. The number of hydrogen-bond donors (Lipinski definition) is 2. The van der Waals surface area contributed by atoms with E-state index < -0.39 is 5.66 Å². The molecule has 3 N–H and O–H groups in total. The van der Waals surface area contributed by atoms with E-state index in [0.29, 0.717) is 11.9 Å². The molecule has 2 heterocycles. The minimum Gasteiger partial charge on any atom is -0.370 e. The van der Waals surface area contributed by atoms with E-state index in [9.17, 15) is 4.39 Å². The van der Waals surface area contributed by atoms with Gasteiger partial charge in [-0.3, -0.25) is 9.88 Å². The van der Waals surface area contributed by atoms with Gasteiger partial charge in [-0.2, -0.15) is 0 Å². The molecule has 1 aromatic heterocycles. The second-order valence-electron chi connectivity index (χ2n) is 7.79. The van der Waals surface area contributed by atoms with Crippen LogP contribution in [0.15, 0.2) is 41.4 Å². The van der Waals surface area contributed by atoms with E-state index in [1.165, 1.54) is 23.3 Å². The predicted molar refractivity (Wildman–Crippen MR) is 105 cm³/mol. The second kappa shape index (κ2) is 5.55. The van der Waals surface area contributed by atoms with E-state index >= 15 is 0 Å². The maximum Gasteiger partial charge on any atom is 0.212 e. The molecule has 6 heteroatoms. The van der Waals surface area contributed by atoms with Crippen LogP contribution in [0.5, 0.6) is 0 Å². The lowest BCUT2D eigenvalue weighted by molar-refractivity contribution is 0.313. The number of imidazole rings is 1. The average molecular weight is 363 g/mol. The number of aliphatic imine (C=N–C) groups is 1. The Balaban J connectivity index is 1.63. The highest BCUT2D eigenvalue weighted by molar-refractivity contribution is 5.95. The number of benzene rings is 2. The molecule has 0 radical (unpaired) electrons. The van der Waals surface area contributed by atoms with Gasteiger partial charge in [-0.05, 0) is 80.0 Å². The van der Waals surface area contributed by atoms with Crippen LogP contribution in [-0.2, 0) is 5.66 Å². The Bertz CT molecular complexity index is 1080. The Morgan fingerprint density at radius 1 is 1.19 bits per heavy atom. The van der Waals surface area contributed by atoms with Crippen molar-refractivity contribution in [1.29, 1.82) is 0 Å². The first-order chi connectivity index (χ1) is 12.9. The van der Waals surface area contributed by atoms with Crippen molar-refractivity contribution in [3.05, 3.63) is 58.9 Å². The first kappa shape index (κ1) is 16.3. The third-order valence-corrected chi connectivity index (χ3v) is 6.06. The Morgan fingerprint density at radius 2 is 1.93 bits per heavy atom. The molecule has 1 spiro atoms. The lowest BCUT2D eigenvalue weighted by Crippen LogP contribution is -2.40. The zero-order chi connectivity index (χ0) is 18.8. The maximum absolute atomic E-state index is 13.3. The SMILES string of the molecule is Cc1cc2nc3n(c2cc1C)C1(CCC(c2ccc(F)cc2)C1)N=C(N)N3. The third kappa shape index (κ3) is 2.43. The van der Waals surface area contributed by atoms with E-state index in [4.69, 9.17) is 15.7 Å². The van der Waals surface area contributed by atoms with E-state index in [-0.39, 0.29) is 5.82 Å². The number of aromatic nitrogens is 2. The minimum absolute atomic E-state index is 0.204. The van der Waals surface area contributed by atoms with Crippen molar-refractivity contribution >= 4 is 22.9 Å². The Labute approximate surface area is 157 Å². The van der Waals surface area contributed by atoms with Crippen molar-refractivity contribution < 1.29 is 4.39 Å². The first-order valence-electron chi connectivity index (χ1n) is 9.33. The van der Waals surface area contributed by atoms with Gasteiger partial charge in [-0.25, -0.2) is 14.4 Å². The van der Waals surface area contributed by atoms with Crippen LogP contribution in [0.4, 0.5) is 10.3 Å². The number of aryl methyl sites for hydroxylation is 2. The summed E-state index contributed by atoms with van der Waals surface area (Å²) < 4.78 is 15.5. The summed E-state index contributed by atoms with van der Waals surface area (Å²) in [6.45, 7) is 4.21. The summed E-state index contributed by atoms with van der Waals surface area (Å²) >= 11 is 0. The van der Waals surface area contributed by atoms with Crippen LogP contribution >= 0.6 is 0 Å². The zero-order valence-corrected chi connectivity index (χ0v) is 15.5. The zero-order valence-electron chi connectivity index (χ0n) is 15.5. The second-order valence-corrected chi connectivity index (χ2v) is 7.79. The Kier molecular flexibility index (Phi) is 3.35. The molecular weight excluding hydrogens is 341 g/mol. The molecule has 2 aromatic carbocycles. The third-order valence-electron chi connectivity index (χ3n) is 6.06. The number of anilines is 1. The van der Waals surface area contributed by atoms with Crippen LogP contribution < -0.4 is 11.1 Å². The van der Waals surface area contributed by atoms with Crippen molar-refractivity contribution in [2.45, 2.75) is 44.7 Å². The predicted octanol–water partition coefficient (Wildman–Crippen LogP) is 4.15. The van der Waals surface area contributed by atoms with Gasteiger partial charge in [0.15, 0.2) is 5.96 Å². The molecule has 2 aliphatic rings. The molecule has 0 amide bonds. The van der Waals surface area contributed by atoms with Crippen molar-refractivity contribution in [1.82, 2.24) is 9.55 Å². The Hall–Kier alpha value is -2.89. The maximum atomic E-state index is 13.3. The van der Waals surface area contributed by atoms with Gasteiger partial charge in [0.25, 0.3) is 0 Å². The number of guanidine groups is 1. The first-order valence-corrected chi connectivity index (χ1v) is 9.33. The normalized spacial score (nSPS) is 24.1. The lowest BCUT2D eigenvalue weighted by atomic mass is 9.96. The number of nitrogens with zero attached hydrogens (tertiary/aromatic N) is 3. The van der Waals surface area contributed by atoms with Crippen LogP contribution in [-0.4, -0.2) is 15.5 Å². The van der Waals surface area contributed by atoms with Crippen LogP contribution in [0.2, 0.25) is 0 Å². The highest BCUT2D eigenvalue weighted by atomic mass is 19.1. The monoisotopic (exact) mass is 363 g/mol. The molecule has 5 nitrogen and oxygen atoms in total. The molecule has 3 aromatic rings. The number of hydrogen-bond acceptors (Lipinski definition) is 4. The molecule has 1 aliphatic carbocycles. The molecule has 27 heavy (non-hydrogen) atoms. The molecular formula is C21H22FN5. The topological polar surface area (TPSA) is 68.2 Å². The summed E-state index contributed by atoms with van der Waals surface area (Å²) in [6.07, 6.45) is 2.68. The number of nitrogens with two attached hydrogens (primary N) is 1. The van der Waals surface area contributed by atoms with E-state index in [1.807, 2.05) is 12.1 Å². The lowest BCUT2D eigenvalue weighted by Gasteiger charge is -2.33. The van der Waals surface area contributed by atoms with Crippen molar-refractivity contribution in [2.24, 2.45) is 10.7 Å². The highest BCUT2D eigenvalue weighted by Crippen LogP contribution is 2.50. The molecule has 5 rings (SSSR count). The fourth-order valence-corrected chi connectivity index (χ4v) is 4.58. The van der Waals surface area contributed by atoms with Gasteiger partial charge in [0.2, 0.25) is 5.95 Å². The van der Waals surface area contributed by atoms with Gasteiger partial charge in [0.1, 0.15) is 11.5 Å². The Morgan fingerprint density at radius 3 is 2.70 bits per heavy atom. The summed E-state index contributed by atoms with van der Waals surface area (Å²) in [5.41, 5.74) is 11.3. The fraction of sp³-hybridized carbons (Fsp3) is 0.333. The van der Waals surface area contributed by atoms with E-state index in [2.05, 4.69) is 35.9 Å². The number of rotatable bonds is 1. The van der Waals surface area contributed by atoms with Crippen LogP contribution in [0, 0.1) is 19.7 Å². The fourth-order valence-electron chi connectivity index (χ4n) is 4.58. The molecule has 2 unspecified atom stereocenters. The van der Waals surface area contributed by atoms with Crippen molar-refractivity contribution in [2.75, 3.05) is 5.32 Å². The van der Waals surface area contributed by atoms with Gasteiger partial charge < -0.3 is 5.73 Å². The number of nitrogens with one attached hydrogen (secondary N) is 1. The van der Waals surface area contributed by atoms with Crippen molar-refractivity contribution in [3.8, 4) is 0 Å². The van der Waals surface area contributed by atoms with E-state index in [0.717, 1.165) is 41.8 Å². The van der Waals surface area contributed by atoms with Gasteiger partial charge in [-0.15, -0.1) is 0 Å². The standard InChI is InChI=1S/C21H22FN5/c1-12-9-17-18(10-13(12)2)27-20(24-17)25-19(23)26-21(27)8-7-15(11-21)14-3-5-16(22)6-4-14/h3-6,9-10,15H,7-8,11H2,1-2H3,(H3,23,24,25,26). The molecule has 138 valence electrons. The largest absolute Gasteiger partial charge is 0.370 e. The number of fused-ring (bicyclic) bond motifs is 4. The molecule has 0 bridgehead atoms. The van der Waals surface area contributed by atoms with Gasteiger partial charge in [-0.1, -0.05) is 12.1 Å². The van der Waals surface area contributed by atoms with Crippen LogP contribution in [0.1, 0.15) is 41.9 Å². The average Bonchev–Trinajstić information content (AvgIpc) is 3.18. The van der Waals surface area contributed by atoms with Crippen LogP contribution in [0.3, 0.4) is 0 Å². The molecule has 1 saturated carbocycles. The molecule has 1 aliphatic heterocycles. The number of halogens is 1. The quantitative estimate of drug-likeness (QED) is 0.682. The van der Waals surface area contributed by atoms with Gasteiger partial charge in [0.05, 0.1) is 11.0 Å². The minimum atomic E-state index is -0.444. The smallest absolute Gasteiger partial charge is 0.212 e. The van der Waals surface area contributed by atoms with Gasteiger partial charge >= 0.3 is 0 Å². The highest BCUT2D eigenvalue weighted by Gasteiger charge is 2.45. The summed E-state index contributed by atoms with van der Waals surface area (Å²) in [5, 5.41) is 3.13. The summed E-state index contributed by atoms with van der Waals surface area (Å²) in [5.74, 6) is 1.27. The van der Waals surface area contributed by atoms with E-state index in [1.54, 1.807) is 0 Å². The summed E-state index contributed by atoms with van der Waals surface area (Å²) in [4.78, 5) is 9.63. The summed E-state index contributed by atoms with van der Waals surface area (Å²) in [7, 11) is 0. The molecule has 0 saturated heterocycles. The molecule has 1 fully saturated rings. The van der Waals surface area contributed by atoms with Crippen molar-refractivity contribution in [3.63, 3.8) is 0 Å². The summed E-state index contributed by atoms with van der Waals surface area (Å²) in [6, 6.07) is 11.1. The van der Waals surface area contributed by atoms with Crippen LogP contribution in [0.25, 0.3) is 11.0 Å². The van der Waals surface area contributed by atoms with Gasteiger partial charge in [0, 0.05) is 0 Å².